The minimum absolute atomic E-state index is 0.449. The van der Waals surface area contributed by atoms with E-state index in [1.807, 2.05) is 16.7 Å². The van der Waals surface area contributed by atoms with Crippen LogP contribution in [0.3, 0.4) is 0 Å². The maximum Gasteiger partial charge on any atom is 0.226 e. The van der Waals surface area contributed by atoms with Gasteiger partial charge in [-0.3, -0.25) is 4.40 Å². The van der Waals surface area contributed by atoms with Gasteiger partial charge in [0.05, 0.1) is 0 Å². The SMILES string of the molecule is CCC(C)c1cccn2c(N)nnc12. The van der Waals surface area contributed by atoms with Crippen LogP contribution >= 0.6 is 0 Å². The Hall–Kier alpha value is -1.58. The molecule has 0 bridgehead atoms. The van der Waals surface area contributed by atoms with Crippen LogP contribution in [-0.4, -0.2) is 14.6 Å². The number of nitrogens with two attached hydrogens (primary N) is 1. The highest BCUT2D eigenvalue weighted by atomic mass is 15.3. The third-order valence-electron chi connectivity index (χ3n) is 2.63. The fourth-order valence-electron chi connectivity index (χ4n) is 1.56. The zero-order valence-electron chi connectivity index (χ0n) is 8.44. The number of hydrogen-bond acceptors (Lipinski definition) is 3. The summed E-state index contributed by atoms with van der Waals surface area (Å²) in [6, 6.07) is 4.06. The average molecular weight is 190 g/mol. The molecule has 4 nitrogen and oxygen atoms in total. The summed E-state index contributed by atoms with van der Waals surface area (Å²) in [6.45, 7) is 4.34. The highest BCUT2D eigenvalue weighted by molar-refractivity contribution is 5.52. The highest BCUT2D eigenvalue weighted by Crippen LogP contribution is 2.22. The number of rotatable bonds is 2. The summed E-state index contributed by atoms with van der Waals surface area (Å²) in [5.74, 6) is 0.937. The summed E-state index contributed by atoms with van der Waals surface area (Å²) in [5, 5.41) is 7.94. The van der Waals surface area contributed by atoms with Crippen LogP contribution in [0.1, 0.15) is 31.7 Å². The predicted octanol–water partition coefficient (Wildman–Crippen LogP) is 1.82. The van der Waals surface area contributed by atoms with E-state index >= 15 is 0 Å². The number of pyridine rings is 1. The first kappa shape index (κ1) is 8.99. The van der Waals surface area contributed by atoms with Gasteiger partial charge in [0.1, 0.15) is 0 Å². The molecule has 0 spiro atoms. The molecular formula is C10H14N4. The fraction of sp³-hybridized carbons (Fsp3) is 0.400. The third-order valence-corrected chi connectivity index (χ3v) is 2.63. The number of hydrogen-bond donors (Lipinski definition) is 1. The van der Waals surface area contributed by atoms with E-state index in [0.29, 0.717) is 11.9 Å². The summed E-state index contributed by atoms with van der Waals surface area (Å²) in [4.78, 5) is 0. The lowest BCUT2D eigenvalue weighted by Gasteiger charge is -2.09. The number of fused-ring (bicyclic) bond motifs is 1. The number of aromatic nitrogens is 3. The summed E-state index contributed by atoms with van der Waals surface area (Å²) < 4.78 is 1.82. The molecule has 0 saturated heterocycles. The quantitative estimate of drug-likeness (QED) is 0.785. The molecule has 0 aliphatic rings. The second-order valence-corrected chi connectivity index (χ2v) is 3.52. The predicted molar refractivity (Wildman–Crippen MR) is 56.1 cm³/mol. The molecule has 74 valence electrons. The van der Waals surface area contributed by atoms with Gasteiger partial charge in [-0.05, 0) is 18.4 Å². The Balaban J connectivity index is 2.65. The zero-order chi connectivity index (χ0) is 10.1. The summed E-state index contributed by atoms with van der Waals surface area (Å²) in [7, 11) is 0. The average Bonchev–Trinajstić information content (AvgIpc) is 2.59. The van der Waals surface area contributed by atoms with Crippen LogP contribution in [0.2, 0.25) is 0 Å². The first-order valence-corrected chi connectivity index (χ1v) is 4.83. The zero-order valence-corrected chi connectivity index (χ0v) is 8.44. The molecule has 2 rings (SSSR count). The second kappa shape index (κ2) is 3.29. The molecule has 14 heavy (non-hydrogen) atoms. The van der Waals surface area contributed by atoms with Crippen LogP contribution < -0.4 is 5.73 Å². The molecule has 0 radical (unpaired) electrons. The van der Waals surface area contributed by atoms with E-state index in [-0.39, 0.29) is 0 Å². The van der Waals surface area contributed by atoms with Crippen molar-refractivity contribution in [2.75, 3.05) is 5.73 Å². The van der Waals surface area contributed by atoms with Crippen molar-refractivity contribution < 1.29 is 0 Å². The van der Waals surface area contributed by atoms with Crippen molar-refractivity contribution in [2.45, 2.75) is 26.2 Å². The lowest BCUT2D eigenvalue weighted by molar-refractivity contribution is 0.733. The first-order valence-electron chi connectivity index (χ1n) is 4.83. The maximum absolute atomic E-state index is 5.68. The highest BCUT2D eigenvalue weighted by Gasteiger charge is 2.10. The molecule has 0 amide bonds. The van der Waals surface area contributed by atoms with Gasteiger partial charge in [0.2, 0.25) is 5.95 Å². The lowest BCUT2D eigenvalue weighted by atomic mass is 10.0. The van der Waals surface area contributed by atoms with Crippen molar-refractivity contribution in [2.24, 2.45) is 0 Å². The monoisotopic (exact) mass is 190 g/mol. The van der Waals surface area contributed by atoms with Crippen LogP contribution in [-0.2, 0) is 0 Å². The van der Waals surface area contributed by atoms with E-state index in [2.05, 4.69) is 30.1 Å². The van der Waals surface area contributed by atoms with Crippen LogP contribution in [0.4, 0.5) is 5.95 Å². The molecule has 1 atom stereocenters. The fourth-order valence-corrected chi connectivity index (χ4v) is 1.56. The van der Waals surface area contributed by atoms with Gasteiger partial charge >= 0.3 is 0 Å². The first-order chi connectivity index (χ1) is 6.74. The van der Waals surface area contributed by atoms with Crippen molar-refractivity contribution in [1.82, 2.24) is 14.6 Å². The van der Waals surface area contributed by atoms with E-state index < -0.39 is 0 Å². The Morgan fingerprint density at radius 2 is 2.29 bits per heavy atom. The topological polar surface area (TPSA) is 56.2 Å². The largest absolute Gasteiger partial charge is 0.368 e. The smallest absolute Gasteiger partial charge is 0.226 e. The molecule has 2 aromatic rings. The Labute approximate surface area is 82.8 Å². The molecule has 2 aromatic heterocycles. The summed E-state index contributed by atoms with van der Waals surface area (Å²) >= 11 is 0. The van der Waals surface area contributed by atoms with Crippen molar-refractivity contribution >= 4 is 11.6 Å². The number of anilines is 1. The molecule has 4 heteroatoms. The Kier molecular flexibility index (Phi) is 2.11. The molecule has 1 unspecified atom stereocenters. The van der Waals surface area contributed by atoms with Gasteiger partial charge in [-0.25, -0.2) is 0 Å². The van der Waals surface area contributed by atoms with Crippen molar-refractivity contribution in [1.29, 1.82) is 0 Å². The van der Waals surface area contributed by atoms with E-state index in [0.717, 1.165) is 12.1 Å². The molecular weight excluding hydrogens is 176 g/mol. The molecule has 0 aliphatic heterocycles. The molecule has 0 saturated carbocycles. The molecule has 2 N–H and O–H groups in total. The third kappa shape index (κ3) is 1.23. The summed E-state index contributed by atoms with van der Waals surface area (Å²) in [5.41, 5.74) is 7.76. The Bertz CT molecular complexity index is 446. The van der Waals surface area contributed by atoms with Gasteiger partial charge in [-0.1, -0.05) is 19.9 Å². The van der Waals surface area contributed by atoms with Crippen LogP contribution in [0.5, 0.6) is 0 Å². The van der Waals surface area contributed by atoms with Gasteiger partial charge in [-0.15, -0.1) is 10.2 Å². The van der Waals surface area contributed by atoms with Gasteiger partial charge in [0.25, 0.3) is 0 Å². The summed E-state index contributed by atoms with van der Waals surface area (Å²) in [6.07, 6.45) is 2.98. The van der Waals surface area contributed by atoms with Gasteiger partial charge in [0, 0.05) is 11.8 Å². The molecule has 0 aromatic carbocycles. The normalized spacial score (nSPS) is 13.3. The Morgan fingerprint density at radius 1 is 1.50 bits per heavy atom. The van der Waals surface area contributed by atoms with Crippen LogP contribution in [0.25, 0.3) is 5.65 Å². The van der Waals surface area contributed by atoms with Gasteiger partial charge in [-0.2, -0.15) is 0 Å². The number of nitrogen functional groups attached to an aromatic ring is 1. The maximum atomic E-state index is 5.68. The van der Waals surface area contributed by atoms with E-state index in [4.69, 9.17) is 5.73 Å². The van der Waals surface area contributed by atoms with Crippen LogP contribution in [0.15, 0.2) is 18.3 Å². The lowest BCUT2D eigenvalue weighted by Crippen LogP contribution is -1.98. The standard InChI is InChI=1S/C10H14N4/c1-3-7(2)8-5-4-6-14-9(8)12-13-10(14)11/h4-7H,3H2,1-2H3,(H2,11,13). The van der Waals surface area contributed by atoms with Gasteiger partial charge < -0.3 is 5.73 Å². The number of nitrogens with zero attached hydrogens (tertiary/aromatic N) is 3. The second-order valence-electron chi connectivity index (χ2n) is 3.52. The minimum Gasteiger partial charge on any atom is -0.368 e. The van der Waals surface area contributed by atoms with E-state index in [9.17, 15) is 0 Å². The minimum atomic E-state index is 0.449. The molecule has 0 fully saturated rings. The Morgan fingerprint density at radius 3 is 3.00 bits per heavy atom. The van der Waals surface area contributed by atoms with E-state index in [1.165, 1.54) is 5.56 Å². The molecule has 0 aliphatic carbocycles. The molecule has 2 heterocycles. The van der Waals surface area contributed by atoms with E-state index in [1.54, 1.807) is 0 Å². The van der Waals surface area contributed by atoms with Gasteiger partial charge in [0.15, 0.2) is 5.65 Å². The van der Waals surface area contributed by atoms with Crippen molar-refractivity contribution in [3.63, 3.8) is 0 Å². The van der Waals surface area contributed by atoms with Crippen LogP contribution in [0, 0.1) is 0 Å². The van der Waals surface area contributed by atoms with Crippen molar-refractivity contribution in [3.8, 4) is 0 Å². The van der Waals surface area contributed by atoms with Crippen molar-refractivity contribution in [3.05, 3.63) is 23.9 Å².